The van der Waals surface area contributed by atoms with Gasteiger partial charge in [0.2, 0.25) is 0 Å². The van der Waals surface area contributed by atoms with Gasteiger partial charge in [-0.25, -0.2) is 0 Å². The second-order valence-electron chi connectivity index (χ2n) is 4.80. The molecule has 1 heterocycles. The molecule has 0 unspecified atom stereocenters. The zero-order valence-corrected chi connectivity index (χ0v) is 11.4. The molecule has 21 heavy (non-hydrogen) atoms. The van der Waals surface area contributed by atoms with Gasteiger partial charge in [-0.05, 0) is 31.6 Å². The first-order chi connectivity index (χ1) is 9.71. The summed E-state index contributed by atoms with van der Waals surface area (Å²) in [4.78, 5) is 10.6. The van der Waals surface area contributed by atoms with Crippen LogP contribution >= 0.6 is 0 Å². The van der Waals surface area contributed by atoms with Gasteiger partial charge in [0.1, 0.15) is 0 Å². The summed E-state index contributed by atoms with van der Waals surface area (Å²) < 4.78 is 39.3. The van der Waals surface area contributed by atoms with Crippen molar-refractivity contribution in [2.24, 2.45) is 0 Å². The third kappa shape index (κ3) is 2.91. The molecule has 2 rings (SSSR count). The molecule has 1 aliphatic rings. The average molecular weight is 298 g/mol. The van der Waals surface area contributed by atoms with Crippen molar-refractivity contribution < 1.29 is 18.1 Å². The van der Waals surface area contributed by atoms with Gasteiger partial charge >= 0.3 is 6.18 Å². The smallest absolute Gasteiger partial charge is 0.358 e. The van der Waals surface area contributed by atoms with Gasteiger partial charge in [0.25, 0.3) is 5.70 Å². The fourth-order valence-electron chi connectivity index (χ4n) is 2.48. The SMILES string of the molecule is CC1=C[C@@H](c2ccccc2C(F)(F)F)C([N+](=O)[O-])=C(C)N1. The molecule has 1 atom stereocenters. The maximum atomic E-state index is 13.1. The highest BCUT2D eigenvalue weighted by Crippen LogP contribution is 2.40. The summed E-state index contributed by atoms with van der Waals surface area (Å²) in [7, 11) is 0. The molecule has 0 radical (unpaired) electrons. The molecule has 7 heteroatoms. The highest BCUT2D eigenvalue weighted by atomic mass is 19.4. The molecule has 0 saturated carbocycles. The Labute approximate surface area is 119 Å². The predicted octanol–water partition coefficient (Wildman–Crippen LogP) is 3.80. The highest BCUT2D eigenvalue weighted by Gasteiger charge is 2.39. The molecule has 0 fully saturated rings. The van der Waals surface area contributed by atoms with Crippen molar-refractivity contribution in [2.45, 2.75) is 25.9 Å². The van der Waals surface area contributed by atoms with Crippen molar-refractivity contribution in [2.75, 3.05) is 0 Å². The molecule has 0 amide bonds. The van der Waals surface area contributed by atoms with E-state index < -0.39 is 22.6 Å². The van der Waals surface area contributed by atoms with E-state index in [2.05, 4.69) is 5.32 Å². The second-order valence-corrected chi connectivity index (χ2v) is 4.80. The van der Waals surface area contributed by atoms with Crippen molar-refractivity contribution in [3.8, 4) is 0 Å². The minimum atomic E-state index is -4.56. The number of hydrogen-bond donors (Lipinski definition) is 1. The molecule has 0 bridgehead atoms. The lowest BCUT2D eigenvalue weighted by Gasteiger charge is -2.23. The maximum Gasteiger partial charge on any atom is 0.416 e. The Hall–Kier alpha value is -2.31. The van der Waals surface area contributed by atoms with Gasteiger partial charge in [-0.3, -0.25) is 10.1 Å². The number of nitrogens with one attached hydrogen (secondary N) is 1. The molecule has 112 valence electrons. The molecule has 0 saturated heterocycles. The van der Waals surface area contributed by atoms with Crippen LogP contribution in [0.3, 0.4) is 0 Å². The first kappa shape index (κ1) is 15.1. The first-order valence-electron chi connectivity index (χ1n) is 6.18. The number of dihydropyridines is 1. The molecule has 1 aromatic carbocycles. The number of alkyl halides is 3. The van der Waals surface area contributed by atoms with Crippen LogP contribution in [-0.2, 0) is 6.18 Å². The summed E-state index contributed by atoms with van der Waals surface area (Å²) >= 11 is 0. The third-order valence-electron chi connectivity index (χ3n) is 3.28. The Morgan fingerprint density at radius 2 is 1.86 bits per heavy atom. The Bertz CT molecular complexity index is 648. The fourth-order valence-corrected chi connectivity index (χ4v) is 2.48. The minimum Gasteiger partial charge on any atom is -0.358 e. The number of benzene rings is 1. The van der Waals surface area contributed by atoms with E-state index in [-0.39, 0.29) is 17.0 Å². The predicted molar refractivity (Wildman–Crippen MR) is 70.8 cm³/mol. The van der Waals surface area contributed by atoms with Crippen LogP contribution in [-0.4, -0.2) is 4.92 Å². The molecular weight excluding hydrogens is 285 g/mol. The summed E-state index contributed by atoms with van der Waals surface area (Å²) in [6, 6.07) is 4.93. The van der Waals surface area contributed by atoms with E-state index in [0.29, 0.717) is 5.70 Å². The lowest BCUT2D eigenvalue weighted by atomic mass is 9.88. The number of rotatable bonds is 2. The number of nitro groups is 1. The standard InChI is InChI=1S/C14H13F3N2O2/c1-8-7-11(13(19(20)21)9(2)18-8)10-5-3-4-6-12(10)14(15,16)17/h3-7,11,18H,1-2H3/t11-/m0/s1. The summed E-state index contributed by atoms with van der Waals surface area (Å²) in [6.07, 6.45) is -3.12. The molecule has 0 aromatic heterocycles. The first-order valence-corrected chi connectivity index (χ1v) is 6.18. The topological polar surface area (TPSA) is 55.2 Å². The molecule has 1 aromatic rings. The summed E-state index contributed by atoms with van der Waals surface area (Å²) in [5, 5.41) is 14.0. The van der Waals surface area contributed by atoms with Gasteiger partial charge in [-0.15, -0.1) is 0 Å². The van der Waals surface area contributed by atoms with Crippen molar-refractivity contribution in [3.63, 3.8) is 0 Å². The lowest BCUT2D eigenvalue weighted by molar-refractivity contribution is -0.430. The molecular formula is C14H13F3N2O2. The minimum absolute atomic E-state index is 0.114. The Morgan fingerprint density at radius 3 is 2.43 bits per heavy atom. The van der Waals surface area contributed by atoms with Gasteiger partial charge in [-0.2, -0.15) is 13.2 Å². The van der Waals surface area contributed by atoms with Crippen LogP contribution < -0.4 is 5.32 Å². The van der Waals surface area contributed by atoms with Gasteiger partial charge in [0.05, 0.1) is 22.1 Å². The number of hydrogen-bond acceptors (Lipinski definition) is 3. The van der Waals surface area contributed by atoms with E-state index in [0.717, 1.165) is 6.07 Å². The van der Waals surface area contributed by atoms with Crippen molar-refractivity contribution in [1.29, 1.82) is 0 Å². The van der Waals surface area contributed by atoms with E-state index >= 15 is 0 Å². The monoisotopic (exact) mass is 298 g/mol. The van der Waals surface area contributed by atoms with Gasteiger partial charge in [-0.1, -0.05) is 18.2 Å². The van der Waals surface area contributed by atoms with Crippen LogP contribution in [0.2, 0.25) is 0 Å². The molecule has 0 aliphatic carbocycles. The lowest BCUT2D eigenvalue weighted by Crippen LogP contribution is -2.25. The van der Waals surface area contributed by atoms with Gasteiger partial charge < -0.3 is 5.32 Å². The number of halogens is 3. The molecule has 1 N–H and O–H groups in total. The van der Waals surface area contributed by atoms with Crippen molar-refractivity contribution >= 4 is 0 Å². The molecule has 1 aliphatic heterocycles. The van der Waals surface area contributed by atoms with Gasteiger partial charge in [0.15, 0.2) is 0 Å². The quantitative estimate of drug-likeness (QED) is 0.667. The van der Waals surface area contributed by atoms with E-state index in [4.69, 9.17) is 0 Å². The van der Waals surface area contributed by atoms with Crippen LogP contribution in [0, 0.1) is 10.1 Å². The van der Waals surface area contributed by atoms with E-state index in [1.54, 1.807) is 6.92 Å². The van der Waals surface area contributed by atoms with Crippen LogP contribution in [0.15, 0.2) is 47.4 Å². The highest BCUT2D eigenvalue weighted by molar-refractivity contribution is 5.43. The van der Waals surface area contributed by atoms with E-state index in [9.17, 15) is 23.3 Å². The van der Waals surface area contributed by atoms with Crippen LogP contribution in [0.1, 0.15) is 30.9 Å². The molecule has 0 spiro atoms. The zero-order valence-electron chi connectivity index (χ0n) is 11.4. The number of nitrogens with zero attached hydrogens (tertiary/aromatic N) is 1. The number of allylic oxidation sites excluding steroid dienone is 3. The largest absolute Gasteiger partial charge is 0.416 e. The Morgan fingerprint density at radius 1 is 1.24 bits per heavy atom. The van der Waals surface area contributed by atoms with Gasteiger partial charge in [0, 0.05) is 5.70 Å². The maximum absolute atomic E-state index is 13.1. The summed E-state index contributed by atoms with van der Waals surface area (Å²) in [5.41, 5.74) is -0.399. The third-order valence-corrected chi connectivity index (χ3v) is 3.28. The van der Waals surface area contributed by atoms with E-state index in [1.807, 2.05) is 0 Å². The molecule has 4 nitrogen and oxygen atoms in total. The Kier molecular flexibility index (Phi) is 3.76. The van der Waals surface area contributed by atoms with Crippen LogP contribution in [0.25, 0.3) is 0 Å². The Balaban J connectivity index is 2.64. The second kappa shape index (κ2) is 5.23. The summed E-state index contributed by atoms with van der Waals surface area (Å²) in [6.45, 7) is 3.14. The average Bonchev–Trinajstić information content (AvgIpc) is 2.36. The fraction of sp³-hybridized carbons (Fsp3) is 0.286. The van der Waals surface area contributed by atoms with Crippen molar-refractivity contribution in [3.05, 3.63) is 68.7 Å². The van der Waals surface area contributed by atoms with Crippen LogP contribution in [0.5, 0.6) is 0 Å². The summed E-state index contributed by atoms with van der Waals surface area (Å²) in [5.74, 6) is -1.03. The van der Waals surface area contributed by atoms with Crippen molar-refractivity contribution in [1.82, 2.24) is 5.32 Å². The normalized spacial score (nSPS) is 19.1. The van der Waals surface area contributed by atoms with E-state index in [1.165, 1.54) is 31.2 Å². The van der Waals surface area contributed by atoms with Crippen LogP contribution in [0.4, 0.5) is 13.2 Å². The zero-order chi connectivity index (χ0) is 15.8.